The molecule has 3 N–H and O–H groups in total. The highest BCUT2D eigenvalue weighted by atomic mass is 32.2. The molecule has 8 heteroatoms. The Morgan fingerprint density at radius 1 is 1.19 bits per heavy atom. The summed E-state index contributed by atoms with van der Waals surface area (Å²) >= 11 is 0. The number of sulfone groups is 1. The van der Waals surface area contributed by atoms with Gasteiger partial charge in [-0.25, -0.2) is 18.4 Å². The zero-order valence-electron chi connectivity index (χ0n) is 18.0. The van der Waals surface area contributed by atoms with Gasteiger partial charge in [0.1, 0.15) is 21.2 Å². The predicted octanol–water partition coefficient (Wildman–Crippen LogP) is 3.23. The molecule has 1 saturated heterocycles. The Morgan fingerprint density at radius 3 is 2.74 bits per heavy atom. The van der Waals surface area contributed by atoms with Crippen molar-refractivity contribution in [2.45, 2.75) is 51.6 Å². The van der Waals surface area contributed by atoms with Crippen LogP contribution in [-0.4, -0.2) is 47.0 Å². The lowest BCUT2D eigenvalue weighted by Gasteiger charge is -2.22. The number of aryl methyl sites for hydroxylation is 1. The third-order valence-corrected chi connectivity index (χ3v) is 7.69. The summed E-state index contributed by atoms with van der Waals surface area (Å²) in [6.45, 7) is 3.62. The van der Waals surface area contributed by atoms with Crippen molar-refractivity contribution in [3.05, 3.63) is 42.2 Å². The van der Waals surface area contributed by atoms with Gasteiger partial charge in [-0.2, -0.15) is 0 Å². The molecule has 0 saturated carbocycles. The largest absolute Gasteiger partial charge is 0.382 e. The third kappa shape index (κ3) is 4.91. The van der Waals surface area contributed by atoms with Crippen LogP contribution < -0.4 is 11.1 Å². The number of aromatic nitrogens is 3. The molecular weight excluding hydrogens is 410 g/mol. The van der Waals surface area contributed by atoms with E-state index in [1.165, 1.54) is 0 Å². The molecule has 0 unspecified atom stereocenters. The molecule has 0 atom stereocenters. The van der Waals surface area contributed by atoms with Crippen LogP contribution in [0.25, 0.3) is 21.9 Å². The summed E-state index contributed by atoms with van der Waals surface area (Å²) in [5, 5.41) is 4.52. The molecule has 1 fully saturated rings. The lowest BCUT2D eigenvalue weighted by Crippen LogP contribution is -2.37. The molecule has 31 heavy (non-hydrogen) atoms. The Kier molecular flexibility index (Phi) is 6.57. The number of hydrogen-bond acceptors (Lipinski definition) is 6. The highest BCUT2D eigenvalue weighted by Gasteiger charge is 2.22. The van der Waals surface area contributed by atoms with Crippen LogP contribution in [0.4, 0.5) is 5.82 Å². The molecule has 7 nitrogen and oxygen atoms in total. The quantitative estimate of drug-likeness (QED) is 0.520. The Bertz CT molecular complexity index is 1190. The van der Waals surface area contributed by atoms with Crippen LogP contribution in [0, 0.1) is 0 Å². The van der Waals surface area contributed by atoms with Gasteiger partial charge in [-0.05, 0) is 25.3 Å². The molecule has 166 valence electrons. The van der Waals surface area contributed by atoms with E-state index in [0.717, 1.165) is 53.6 Å². The number of nitrogen functional groups attached to an aromatic ring is 1. The average molecular weight is 442 g/mol. The van der Waals surface area contributed by atoms with Crippen molar-refractivity contribution in [1.82, 2.24) is 19.9 Å². The van der Waals surface area contributed by atoms with Crippen LogP contribution in [0.1, 0.15) is 38.4 Å². The van der Waals surface area contributed by atoms with Crippen molar-refractivity contribution >= 4 is 37.6 Å². The predicted molar refractivity (Wildman–Crippen MR) is 127 cm³/mol. The van der Waals surface area contributed by atoms with Gasteiger partial charge < -0.3 is 15.6 Å². The number of nitrogens with one attached hydrogen (secondary N) is 1. The number of para-hydroxylation sites is 1. The number of fused-ring (bicyclic) bond motifs is 3. The number of allylic oxidation sites excluding steroid dienone is 1. The summed E-state index contributed by atoms with van der Waals surface area (Å²) in [7, 11) is -2.82. The summed E-state index contributed by atoms with van der Waals surface area (Å²) in [6, 6.07) is 8.33. The standard InChI is InChI=1S/C23H31N5O2S/c1-2-3-10-20-27-21-22(18-8-4-5-9-19(18)26-23(21)24)28(20)14-7-6-13-25-17-11-15-31(29,30)16-12-17/h4-9,17,25H,2-3,10-16H2,1H3,(H2,24,26)/b7-6+. The molecule has 0 spiro atoms. The van der Waals surface area contributed by atoms with Gasteiger partial charge in [-0.1, -0.05) is 43.7 Å². The molecule has 1 aromatic carbocycles. The second kappa shape index (κ2) is 9.36. The van der Waals surface area contributed by atoms with Gasteiger partial charge in [0.2, 0.25) is 0 Å². The Labute approximate surface area is 183 Å². The molecule has 3 heterocycles. The molecular formula is C23H31N5O2S. The van der Waals surface area contributed by atoms with Crippen molar-refractivity contribution in [1.29, 1.82) is 0 Å². The Morgan fingerprint density at radius 2 is 1.97 bits per heavy atom. The van der Waals surface area contributed by atoms with Gasteiger partial charge in [0, 0.05) is 30.9 Å². The Hall–Kier alpha value is -2.45. The lowest BCUT2D eigenvalue weighted by molar-refractivity contribution is 0.482. The highest BCUT2D eigenvalue weighted by Crippen LogP contribution is 2.29. The number of nitrogens with two attached hydrogens (primary N) is 1. The van der Waals surface area contributed by atoms with Crippen molar-refractivity contribution in [2.24, 2.45) is 0 Å². The average Bonchev–Trinajstić information content (AvgIpc) is 3.12. The van der Waals surface area contributed by atoms with Crippen LogP contribution in [0.3, 0.4) is 0 Å². The van der Waals surface area contributed by atoms with Crippen LogP contribution >= 0.6 is 0 Å². The SMILES string of the molecule is CCCCc1nc2c(N)nc3ccccc3c2n1C/C=C/CNC1CCS(=O)(=O)CC1. The van der Waals surface area contributed by atoms with Gasteiger partial charge in [-0.15, -0.1) is 0 Å². The number of rotatable bonds is 8. The van der Waals surface area contributed by atoms with E-state index < -0.39 is 9.84 Å². The fourth-order valence-corrected chi connectivity index (χ4v) is 5.71. The first-order valence-electron chi connectivity index (χ1n) is 11.1. The van der Waals surface area contributed by atoms with E-state index in [9.17, 15) is 8.42 Å². The fraction of sp³-hybridized carbons (Fsp3) is 0.478. The number of unbranched alkanes of at least 4 members (excludes halogenated alkanes) is 1. The van der Waals surface area contributed by atoms with E-state index in [1.54, 1.807) is 0 Å². The molecule has 1 aliphatic heterocycles. The van der Waals surface area contributed by atoms with E-state index in [-0.39, 0.29) is 6.04 Å². The van der Waals surface area contributed by atoms with Crippen LogP contribution in [0.5, 0.6) is 0 Å². The van der Waals surface area contributed by atoms with Crippen molar-refractivity contribution in [3.8, 4) is 0 Å². The molecule has 0 bridgehead atoms. The molecule has 0 aliphatic carbocycles. The fourth-order valence-electron chi connectivity index (χ4n) is 4.22. The molecule has 0 radical (unpaired) electrons. The first-order chi connectivity index (χ1) is 15.0. The minimum atomic E-state index is -2.82. The summed E-state index contributed by atoms with van der Waals surface area (Å²) in [6.07, 6.45) is 8.74. The van der Waals surface area contributed by atoms with E-state index >= 15 is 0 Å². The van der Waals surface area contributed by atoms with Gasteiger partial charge >= 0.3 is 0 Å². The van der Waals surface area contributed by atoms with E-state index in [4.69, 9.17) is 10.7 Å². The first-order valence-corrected chi connectivity index (χ1v) is 12.9. The van der Waals surface area contributed by atoms with Crippen LogP contribution in [0.2, 0.25) is 0 Å². The smallest absolute Gasteiger partial charge is 0.152 e. The monoisotopic (exact) mass is 441 g/mol. The maximum atomic E-state index is 11.6. The lowest BCUT2D eigenvalue weighted by atomic mass is 10.1. The van der Waals surface area contributed by atoms with Crippen molar-refractivity contribution < 1.29 is 8.42 Å². The van der Waals surface area contributed by atoms with Crippen LogP contribution in [0.15, 0.2) is 36.4 Å². The summed E-state index contributed by atoms with van der Waals surface area (Å²) in [4.78, 5) is 9.40. The zero-order valence-corrected chi connectivity index (χ0v) is 18.9. The van der Waals surface area contributed by atoms with E-state index in [0.29, 0.717) is 36.7 Å². The van der Waals surface area contributed by atoms with Crippen LogP contribution in [-0.2, 0) is 22.8 Å². The number of benzene rings is 1. The Balaban J connectivity index is 1.53. The van der Waals surface area contributed by atoms with Gasteiger partial charge in [0.25, 0.3) is 0 Å². The maximum Gasteiger partial charge on any atom is 0.152 e. The first kappa shape index (κ1) is 21.8. The summed E-state index contributed by atoms with van der Waals surface area (Å²) in [5.41, 5.74) is 8.96. The number of anilines is 1. The molecule has 0 amide bonds. The van der Waals surface area contributed by atoms with Gasteiger partial charge in [0.05, 0.1) is 22.5 Å². The summed E-state index contributed by atoms with van der Waals surface area (Å²) < 4.78 is 25.4. The highest BCUT2D eigenvalue weighted by molar-refractivity contribution is 7.91. The molecule has 3 aromatic rings. The van der Waals surface area contributed by atoms with E-state index in [1.807, 2.05) is 18.2 Å². The minimum Gasteiger partial charge on any atom is -0.382 e. The molecule has 2 aromatic heterocycles. The second-order valence-electron chi connectivity index (χ2n) is 8.26. The number of imidazole rings is 1. The minimum absolute atomic E-state index is 0.275. The number of nitrogens with zero attached hydrogens (tertiary/aromatic N) is 3. The topological polar surface area (TPSA) is 103 Å². The zero-order chi connectivity index (χ0) is 21.8. The van der Waals surface area contributed by atoms with Crippen molar-refractivity contribution in [2.75, 3.05) is 23.8 Å². The normalized spacial score (nSPS) is 17.2. The van der Waals surface area contributed by atoms with Crippen molar-refractivity contribution in [3.63, 3.8) is 0 Å². The number of hydrogen-bond donors (Lipinski definition) is 2. The van der Waals surface area contributed by atoms with Gasteiger partial charge in [-0.3, -0.25) is 0 Å². The second-order valence-corrected chi connectivity index (χ2v) is 10.6. The van der Waals surface area contributed by atoms with Gasteiger partial charge in [0.15, 0.2) is 5.82 Å². The third-order valence-electron chi connectivity index (χ3n) is 5.98. The maximum absolute atomic E-state index is 11.6. The number of pyridine rings is 1. The summed E-state index contributed by atoms with van der Waals surface area (Å²) in [5.74, 6) is 2.09. The van der Waals surface area contributed by atoms with E-state index in [2.05, 4.69) is 40.0 Å². The molecule has 1 aliphatic rings. The molecule has 4 rings (SSSR count).